The van der Waals surface area contributed by atoms with Crippen molar-refractivity contribution in [1.82, 2.24) is 20.4 Å². The number of nitrogens with one attached hydrogen (secondary N) is 2. The molecule has 2 saturated heterocycles. The molecule has 8 heteroatoms. The molecule has 1 unspecified atom stereocenters. The second-order valence-electron chi connectivity index (χ2n) is 6.35. The van der Waals surface area contributed by atoms with Gasteiger partial charge < -0.3 is 15.7 Å². The highest BCUT2D eigenvalue weighted by atomic mass is 16.3. The van der Waals surface area contributed by atoms with E-state index in [1.165, 1.54) is 0 Å². The summed E-state index contributed by atoms with van der Waals surface area (Å²) in [5.74, 6) is -0.278. The van der Waals surface area contributed by atoms with Gasteiger partial charge in [0.15, 0.2) is 0 Å². The number of rotatable bonds is 6. The Kier molecular flexibility index (Phi) is 5.59. The summed E-state index contributed by atoms with van der Waals surface area (Å²) in [5, 5.41) is 14.6. The molecule has 2 heterocycles. The summed E-state index contributed by atoms with van der Waals surface area (Å²) in [7, 11) is 0. The van der Waals surface area contributed by atoms with Gasteiger partial charge in [-0.05, 0) is 26.2 Å². The molecule has 0 aliphatic carbocycles. The van der Waals surface area contributed by atoms with E-state index in [1.807, 2.05) is 18.7 Å². The Morgan fingerprint density at radius 2 is 2.04 bits per heavy atom. The van der Waals surface area contributed by atoms with E-state index < -0.39 is 11.6 Å². The Morgan fingerprint density at radius 3 is 2.61 bits per heavy atom. The first-order valence-corrected chi connectivity index (χ1v) is 8.18. The average molecular weight is 326 g/mol. The molecule has 2 fully saturated rings. The Balaban J connectivity index is 1.87. The van der Waals surface area contributed by atoms with Crippen LogP contribution in [0.2, 0.25) is 0 Å². The van der Waals surface area contributed by atoms with Crippen molar-refractivity contribution < 1.29 is 19.5 Å². The monoisotopic (exact) mass is 326 g/mol. The van der Waals surface area contributed by atoms with Crippen LogP contribution in [0, 0.1) is 0 Å². The van der Waals surface area contributed by atoms with Gasteiger partial charge in [-0.25, -0.2) is 4.79 Å². The van der Waals surface area contributed by atoms with Crippen molar-refractivity contribution in [1.29, 1.82) is 0 Å². The van der Waals surface area contributed by atoms with E-state index in [4.69, 9.17) is 5.11 Å². The molecule has 8 nitrogen and oxygen atoms in total. The van der Waals surface area contributed by atoms with Crippen molar-refractivity contribution in [2.75, 3.05) is 32.8 Å². The molecule has 0 radical (unpaired) electrons. The fraction of sp³-hybridized carbons (Fsp3) is 0.800. The van der Waals surface area contributed by atoms with Crippen LogP contribution >= 0.6 is 0 Å². The molecule has 2 aliphatic heterocycles. The van der Waals surface area contributed by atoms with Crippen LogP contribution in [0.1, 0.15) is 33.1 Å². The van der Waals surface area contributed by atoms with Crippen molar-refractivity contribution in [3.05, 3.63) is 0 Å². The third-order valence-corrected chi connectivity index (χ3v) is 4.67. The molecule has 1 spiro atoms. The largest absolute Gasteiger partial charge is 0.395 e. The van der Waals surface area contributed by atoms with E-state index in [9.17, 15) is 14.4 Å². The number of piperidine rings is 1. The zero-order valence-corrected chi connectivity index (χ0v) is 13.8. The first-order chi connectivity index (χ1) is 10.9. The number of likely N-dealkylation sites (tertiary alicyclic amines) is 1. The molecule has 4 amide bonds. The van der Waals surface area contributed by atoms with Crippen LogP contribution in [0.25, 0.3) is 0 Å². The quantitative estimate of drug-likeness (QED) is 0.559. The van der Waals surface area contributed by atoms with Crippen LogP contribution in [0.4, 0.5) is 4.79 Å². The summed E-state index contributed by atoms with van der Waals surface area (Å²) in [6, 6.07) is -0.284. The van der Waals surface area contributed by atoms with Gasteiger partial charge in [-0.1, -0.05) is 6.92 Å². The molecule has 1 atom stereocenters. The van der Waals surface area contributed by atoms with Gasteiger partial charge in [0.05, 0.1) is 19.7 Å². The molecule has 130 valence electrons. The molecule has 0 aromatic rings. The number of urea groups is 1. The Bertz CT molecular complexity index is 474. The number of carbonyl (C=O) groups excluding carboxylic acids is 3. The number of hydrogen-bond acceptors (Lipinski definition) is 5. The second-order valence-corrected chi connectivity index (χ2v) is 6.35. The topological polar surface area (TPSA) is 102 Å². The number of β-amino-alcohol motifs (C(OH)–C–C–N with tert-alkyl or cyclic N) is 1. The Labute approximate surface area is 136 Å². The number of imide groups is 1. The van der Waals surface area contributed by atoms with Crippen LogP contribution in [-0.4, -0.2) is 77.1 Å². The van der Waals surface area contributed by atoms with Gasteiger partial charge >= 0.3 is 6.03 Å². The molecule has 2 aliphatic rings. The minimum Gasteiger partial charge on any atom is -0.395 e. The van der Waals surface area contributed by atoms with Gasteiger partial charge in [-0.15, -0.1) is 0 Å². The van der Waals surface area contributed by atoms with Crippen LogP contribution in [0.15, 0.2) is 0 Å². The maximum atomic E-state index is 12.4. The smallest absolute Gasteiger partial charge is 0.325 e. The van der Waals surface area contributed by atoms with Crippen LogP contribution in [0.5, 0.6) is 0 Å². The van der Waals surface area contributed by atoms with Crippen LogP contribution in [-0.2, 0) is 9.59 Å². The van der Waals surface area contributed by atoms with E-state index in [1.54, 1.807) is 0 Å². The van der Waals surface area contributed by atoms with E-state index in [-0.39, 0.29) is 31.0 Å². The lowest BCUT2D eigenvalue weighted by molar-refractivity contribution is -0.133. The number of hydrogen-bond donors (Lipinski definition) is 3. The molecule has 3 N–H and O–H groups in total. The second kappa shape index (κ2) is 7.27. The normalized spacial score (nSPS) is 22.3. The van der Waals surface area contributed by atoms with E-state index in [0.717, 1.165) is 11.3 Å². The Morgan fingerprint density at radius 1 is 1.39 bits per heavy atom. The van der Waals surface area contributed by atoms with Crippen molar-refractivity contribution in [3.63, 3.8) is 0 Å². The third-order valence-electron chi connectivity index (χ3n) is 4.67. The molecule has 0 aromatic heterocycles. The first kappa shape index (κ1) is 17.7. The standard InChI is InChI=1S/C15H26N4O4/c1-3-11(2)16-12(21)10-18-6-4-15(5-7-18)13(22)19(8-9-20)14(23)17-15/h11,20H,3-10H2,1-2H3,(H,16,21)(H,17,23). The average Bonchev–Trinajstić information content (AvgIpc) is 2.74. The number of aliphatic hydroxyl groups is 1. The summed E-state index contributed by atoms with van der Waals surface area (Å²) in [6.45, 7) is 5.22. The zero-order chi connectivity index (χ0) is 17.0. The third kappa shape index (κ3) is 3.81. The van der Waals surface area contributed by atoms with E-state index in [0.29, 0.717) is 32.5 Å². The maximum Gasteiger partial charge on any atom is 0.325 e. The maximum absolute atomic E-state index is 12.4. The van der Waals surface area contributed by atoms with Crippen molar-refractivity contribution >= 4 is 17.8 Å². The van der Waals surface area contributed by atoms with Gasteiger partial charge in [0.2, 0.25) is 5.91 Å². The van der Waals surface area contributed by atoms with Crippen LogP contribution in [0.3, 0.4) is 0 Å². The zero-order valence-electron chi connectivity index (χ0n) is 13.8. The minimum absolute atomic E-state index is 0.0148. The summed E-state index contributed by atoms with van der Waals surface area (Å²) in [5.41, 5.74) is -0.865. The van der Waals surface area contributed by atoms with Gasteiger partial charge in [-0.3, -0.25) is 19.4 Å². The van der Waals surface area contributed by atoms with Crippen LogP contribution < -0.4 is 10.6 Å². The highest BCUT2D eigenvalue weighted by molar-refractivity contribution is 6.07. The van der Waals surface area contributed by atoms with Gasteiger partial charge in [0, 0.05) is 19.1 Å². The van der Waals surface area contributed by atoms with Crippen molar-refractivity contribution in [2.24, 2.45) is 0 Å². The van der Waals surface area contributed by atoms with Crippen molar-refractivity contribution in [3.8, 4) is 0 Å². The fourth-order valence-electron chi connectivity index (χ4n) is 3.04. The highest BCUT2D eigenvalue weighted by Gasteiger charge is 2.52. The molecular formula is C15H26N4O4. The molecule has 23 heavy (non-hydrogen) atoms. The predicted molar refractivity (Wildman–Crippen MR) is 83.6 cm³/mol. The minimum atomic E-state index is -0.865. The lowest BCUT2D eigenvalue weighted by Crippen LogP contribution is -2.56. The number of aliphatic hydroxyl groups excluding tert-OH is 1. The molecular weight excluding hydrogens is 300 g/mol. The highest BCUT2D eigenvalue weighted by Crippen LogP contribution is 2.29. The molecule has 0 bridgehead atoms. The summed E-state index contributed by atoms with van der Waals surface area (Å²) in [4.78, 5) is 39.3. The lowest BCUT2D eigenvalue weighted by Gasteiger charge is -2.37. The molecule has 0 saturated carbocycles. The lowest BCUT2D eigenvalue weighted by atomic mass is 9.87. The Hall–Kier alpha value is -1.67. The number of amides is 4. The first-order valence-electron chi connectivity index (χ1n) is 8.18. The molecule has 0 aromatic carbocycles. The van der Waals surface area contributed by atoms with E-state index in [2.05, 4.69) is 10.6 Å². The van der Waals surface area contributed by atoms with Gasteiger partial charge in [0.1, 0.15) is 5.54 Å². The predicted octanol–water partition coefficient (Wildman–Crippen LogP) is -0.720. The van der Waals surface area contributed by atoms with Crippen molar-refractivity contribution in [2.45, 2.75) is 44.7 Å². The summed E-state index contributed by atoms with van der Waals surface area (Å²) < 4.78 is 0. The number of carbonyl (C=O) groups is 3. The molecule has 2 rings (SSSR count). The van der Waals surface area contributed by atoms with E-state index >= 15 is 0 Å². The summed E-state index contributed by atoms with van der Waals surface area (Å²) >= 11 is 0. The van der Waals surface area contributed by atoms with Gasteiger partial charge in [-0.2, -0.15) is 0 Å². The SMILES string of the molecule is CCC(C)NC(=O)CN1CCC2(CC1)NC(=O)N(CCO)C2=O. The summed E-state index contributed by atoms with van der Waals surface area (Å²) in [6.07, 6.45) is 1.85. The fourth-order valence-corrected chi connectivity index (χ4v) is 3.04. The number of nitrogens with zero attached hydrogens (tertiary/aromatic N) is 2. The van der Waals surface area contributed by atoms with Gasteiger partial charge in [0.25, 0.3) is 5.91 Å².